The molecule has 0 rings (SSSR count). The van der Waals surface area contributed by atoms with Gasteiger partial charge in [-0.05, 0) is 32.6 Å². The maximum absolute atomic E-state index is 11.2. The summed E-state index contributed by atoms with van der Waals surface area (Å²) in [6, 6.07) is 0. The van der Waals surface area contributed by atoms with Gasteiger partial charge < -0.3 is 5.11 Å². The quantitative estimate of drug-likeness (QED) is 0.155. The van der Waals surface area contributed by atoms with Crippen LogP contribution in [0.3, 0.4) is 0 Å². The van der Waals surface area contributed by atoms with Gasteiger partial charge >= 0.3 is 5.97 Å². The highest BCUT2D eigenvalue weighted by atomic mass is 16.4. The molecule has 0 aromatic heterocycles. The van der Waals surface area contributed by atoms with Crippen LogP contribution in [0.1, 0.15) is 149 Å². The van der Waals surface area contributed by atoms with E-state index in [1.54, 1.807) is 6.92 Å². The number of hydrogen-bond acceptors (Lipinski definition) is 1. The van der Waals surface area contributed by atoms with Crippen molar-refractivity contribution in [3.05, 3.63) is 11.1 Å². The van der Waals surface area contributed by atoms with Crippen molar-refractivity contribution in [3.8, 4) is 0 Å². The maximum atomic E-state index is 11.2. The summed E-state index contributed by atoms with van der Waals surface area (Å²) >= 11 is 0. The van der Waals surface area contributed by atoms with Crippen LogP contribution >= 0.6 is 0 Å². The van der Waals surface area contributed by atoms with Gasteiger partial charge in [0, 0.05) is 5.57 Å². The van der Waals surface area contributed by atoms with Crippen LogP contribution in [-0.2, 0) is 4.79 Å². The zero-order chi connectivity index (χ0) is 20.9. The Kier molecular flexibility index (Phi) is 20.3. The molecular formula is C26H50O2. The van der Waals surface area contributed by atoms with E-state index in [9.17, 15) is 9.90 Å². The smallest absolute Gasteiger partial charge is 0.331 e. The summed E-state index contributed by atoms with van der Waals surface area (Å²) in [5.74, 6) is -0.734. The first-order valence-electron chi connectivity index (χ1n) is 12.5. The minimum Gasteiger partial charge on any atom is -0.478 e. The number of aliphatic carboxylic acids is 1. The van der Waals surface area contributed by atoms with Crippen molar-refractivity contribution in [1.29, 1.82) is 0 Å². The Bertz CT molecular complexity index is 384. The third-order valence-electron chi connectivity index (χ3n) is 6.02. The normalized spacial score (nSPS) is 12.2. The van der Waals surface area contributed by atoms with E-state index >= 15 is 0 Å². The van der Waals surface area contributed by atoms with E-state index in [-0.39, 0.29) is 0 Å². The lowest BCUT2D eigenvalue weighted by molar-refractivity contribution is -0.132. The third-order valence-corrected chi connectivity index (χ3v) is 6.02. The molecule has 0 aliphatic rings. The first-order valence-corrected chi connectivity index (χ1v) is 12.5. The number of carbonyl (C=O) groups is 1. The lowest BCUT2D eigenvalue weighted by atomic mass is 9.96. The van der Waals surface area contributed by atoms with E-state index in [0.717, 1.165) is 32.1 Å². The van der Waals surface area contributed by atoms with Gasteiger partial charge in [0.1, 0.15) is 0 Å². The Morgan fingerprint density at radius 3 is 1.21 bits per heavy atom. The summed E-state index contributed by atoms with van der Waals surface area (Å²) < 4.78 is 0. The predicted octanol–water partition coefficient (Wildman–Crippen LogP) is 9.23. The van der Waals surface area contributed by atoms with Crippen LogP contribution in [0.5, 0.6) is 0 Å². The molecule has 166 valence electrons. The molecule has 0 spiro atoms. The lowest BCUT2D eigenvalue weighted by Crippen LogP contribution is -2.02. The second-order valence-corrected chi connectivity index (χ2v) is 8.69. The van der Waals surface area contributed by atoms with E-state index in [2.05, 4.69) is 13.8 Å². The van der Waals surface area contributed by atoms with Crippen LogP contribution in [0.25, 0.3) is 0 Å². The third kappa shape index (κ3) is 17.3. The molecule has 0 heterocycles. The first kappa shape index (κ1) is 27.2. The molecule has 0 radical (unpaired) electrons. The van der Waals surface area contributed by atoms with Crippen LogP contribution in [-0.4, -0.2) is 11.1 Å². The maximum Gasteiger partial charge on any atom is 0.331 e. The average Bonchev–Trinajstić information content (AvgIpc) is 2.69. The number of allylic oxidation sites excluding steroid dienone is 1. The Balaban J connectivity index is 3.47. The summed E-state index contributed by atoms with van der Waals surface area (Å²) in [7, 11) is 0. The molecule has 0 atom stereocenters. The van der Waals surface area contributed by atoms with Crippen molar-refractivity contribution in [2.45, 2.75) is 149 Å². The van der Waals surface area contributed by atoms with E-state index in [1.165, 1.54) is 102 Å². The molecule has 1 N–H and O–H groups in total. The van der Waals surface area contributed by atoms with Crippen LogP contribution < -0.4 is 0 Å². The van der Waals surface area contributed by atoms with Gasteiger partial charge in [0.15, 0.2) is 0 Å². The first-order chi connectivity index (χ1) is 13.6. The van der Waals surface area contributed by atoms with Crippen molar-refractivity contribution in [3.63, 3.8) is 0 Å². The van der Waals surface area contributed by atoms with Crippen LogP contribution in [0.4, 0.5) is 0 Å². The molecule has 0 saturated carbocycles. The highest BCUT2D eigenvalue weighted by molar-refractivity contribution is 5.86. The minimum atomic E-state index is -0.734. The zero-order valence-electron chi connectivity index (χ0n) is 19.5. The van der Waals surface area contributed by atoms with Gasteiger partial charge in [0.05, 0.1) is 0 Å². The standard InChI is InChI=1S/C26H50O2/c1-4-6-8-9-10-11-12-13-14-15-16-17-18-19-20-21-23-25(22-7-5-2)24(3)26(27)28/h4-23H2,1-3H3,(H,27,28). The Hall–Kier alpha value is -0.790. The highest BCUT2D eigenvalue weighted by Gasteiger charge is 2.08. The SMILES string of the molecule is CCCCCCCCCCCCCCCCCCC(CCCC)=C(C)C(=O)O. The summed E-state index contributed by atoms with van der Waals surface area (Å²) in [6.07, 6.45) is 26.3. The molecule has 0 fully saturated rings. The van der Waals surface area contributed by atoms with Crippen molar-refractivity contribution >= 4 is 5.97 Å². The Morgan fingerprint density at radius 1 is 0.536 bits per heavy atom. The van der Waals surface area contributed by atoms with Gasteiger partial charge in [-0.2, -0.15) is 0 Å². The van der Waals surface area contributed by atoms with Crippen LogP contribution in [0.15, 0.2) is 11.1 Å². The fraction of sp³-hybridized carbons (Fsp3) is 0.885. The Morgan fingerprint density at radius 2 is 0.857 bits per heavy atom. The molecule has 28 heavy (non-hydrogen) atoms. The van der Waals surface area contributed by atoms with Crippen LogP contribution in [0, 0.1) is 0 Å². The summed E-state index contributed by atoms with van der Waals surface area (Å²) in [5, 5.41) is 9.23. The summed E-state index contributed by atoms with van der Waals surface area (Å²) in [4.78, 5) is 11.2. The molecule has 0 aromatic rings. The number of carboxylic acids is 1. The Labute approximate surface area is 176 Å². The number of rotatable bonds is 21. The number of unbranched alkanes of at least 4 members (excludes halogenated alkanes) is 16. The van der Waals surface area contributed by atoms with Crippen LogP contribution in [0.2, 0.25) is 0 Å². The fourth-order valence-electron chi connectivity index (χ4n) is 3.93. The summed E-state index contributed by atoms with van der Waals surface area (Å²) in [6.45, 7) is 6.23. The van der Waals surface area contributed by atoms with E-state index in [0.29, 0.717) is 5.57 Å². The van der Waals surface area contributed by atoms with Gasteiger partial charge in [-0.15, -0.1) is 0 Å². The largest absolute Gasteiger partial charge is 0.478 e. The molecular weight excluding hydrogens is 344 g/mol. The molecule has 0 aliphatic heterocycles. The number of carboxylic acid groups (broad SMARTS) is 1. The lowest BCUT2D eigenvalue weighted by Gasteiger charge is -2.10. The summed E-state index contributed by atoms with van der Waals surface area (Å²) in [5.41, 5.74) is 1.77. The molecule has 0 aromatic carbocycles. The molecule has 2 nitrogen and oxygen atoms in total. The predicted molar refractivity (Wildman–Crippen MR) is 124 cm³/mol. The van der Waals surface area contributed by atoms with Gasteiger partial charge in [-0.3, -0.25) is 0 Å². The monoisotopic (exact) mass is 394 g/mol. The van der Waals surface area contributed by atoms with Crippen molar-refractivity contribution < 1.29 is 9.90 Å². The molecule has 2 heteroatoms. The molecule has 0 aliphatic carbocycles. The van der Waals surface area contributed by atoms with Crippen molar-refractivity contribution in [1.82, 2.24) is 0 Å². The van der Waals surface area contributed by atoms with Gasteiger partial charge in [0.25, 0.3) is 0 Å². The second kappa shape index (κ2) is 20.9. The van der Waals surface area contributed by atoms with Crippen molar-refractivity contribution in [2.75, 3.05) is 0 Å². The zero-order valence-corrected chi connectivity index (χ0v) is 19.5. The number of hydrogen-bond donors (Lipinski definition) is 1. The fourth-order valence-corrected chi connectivity index (χ4v) is 3.93. The molecule has 0 amide bonds. The molecule has 0 bridgehead atoms. The average molecular weight is 395 g/mol. The van der Waals surface area contributed by atoms with E-state index in [4.69, 9.17) is 0 Å². The van der Waals surface area contributed by atoms with Crippen molar-refractivity contribution in [2.24, 2.45) is 0 Å². The molecule has 0 saturated heterocycles. The van der Waals surface area contributed by atoms with Gasteiger partial charge in [-0.25, -0.2) is 4.79 Å². The topological polar surface area (TPSA) is 37.3 Å². The van der Waals surface area contributed by atoms with E-state index < -0.39 is 5.97 Å². The second-order valence-electron chi connectivity index (χ2n) is 8.69. The van der Waals surface area contributed by atoms with E-state index in [1.807, 2.05) is 0 Å². The molecule has 0 unspecified atom stereocenters. The van der Waals surface area contributed by atoms with Gasteiger partial charge in [0.2, 0.25) is 0 Å². The van der Waals surface area contributed by atoms with Gasteiger partial charge in [-0.1, -0.05) is 122 Å². The highest BCUT2D eigenvalue weighted by Crippen LogP contribution is 2.21. The minimum absolute atomic E-state index is 0.592.